The van der Waals surface area contributed by atoms with Crippen LogP contribution in [-0.4, -0.2) is 17.5 Å². The topological polar surface area (TPSA) is 63.2 Å². The average Bonchev–Trinajstić information content (AvgIpc) is 3.46. The molecule has 5 rings (SSSR count). The van der Waals surface area contributed by atoms with Crippen LogP contribution in [0, 0.1) is 52.3 Å². The van der Waals surface area contributed by atoms with Crippen LogP contribution in [0.25, 0.3) is 0 Å². The Morgan fingerprint density at radius 3 is 2.50 bits per heavy atom. The lowest BCUT2D eigenvalue weighted by atomic mass is 9.44. The molecule has 1 aromatic heterocycles. The van der Waals surface area contributed by atoms with Gasteiger partial charge >= 0.3 is 0 Å². The molecule has 1 heterocycles. The highest BCUT2D eigenvalue weighted by Crippen LogP contribution is 2.67. The maximum atomic E-state index is 13.6. The molecule has 1 N–H and O–H groups in total. The molecule has 198 valence electrons. The largest absolute Gasteiger partial charge is 0.348 e. The van der Waals surface area contributed by atoms with Gasteiger partial charge in [0, 0.05) is 36.5 Å². The molecule has 4 aliphatic rings. The Bertz CT molecular complexity index is 1000. The van der Waals surface area contributed by atoms with Crippen LogP contribution in [-0.2, 0) is 14.4 Å². The summed E-state index contributed by atoms with van der Waals surface area (Å²) >= 11 is 1.71. The van der Waals surface area contributed by atoms with Gasteiger partial charge in [0.1, 0.15) is 11.6 Å². The zero-order chi connectivity index (χ0) is 25.8. The number of hydrogen-bond donors (Lipinski definition) is 1. The van der Waals surface area contributed by atoms with E-state index >= 15 is 0 Å². The summed E-state index contributed by atoms with van der Waals surface area (Å²) in [6.45, 7) is 11.4. The number of fused-ring (bicyclic) bond motifs is 5. The van der Waals surface area contributed by atoms with E-state index in [9.17, 15) is 14.4 Å². The molecule has 0 spiro atoms. The minimum atomic E-state index is 0.0722. The van der Waals surface area contributed by atoms with Crippen LogP contribution in [0.1, 0.15) is 103 Å². The lowest BCUT2D eigenvalue weighted by Gasteiger charge is -2.59. The minimum Gasteiger partial charge on any atom is -0.348 e. The van der Waals surface area contributed by atoms with Crippen molar-refractivity contribution < 1.29 is 14.4 Å². The first-order valence-corrected chi connectivity index (χ1v) is 15.3. The first kappa shape index (κ1) is 26.1. The van der Waals surface area contributed by atoms with Crippen molar-refractivity contribution in [2.75, 3.05) is 0 Å². The standard InChI is InChI=1S/C31H45NO3S/c1-18(2)29(26-7-6-14-36-26)32-27(35)15-19(3)22-8-9-23-28-24(11-13-31(22,23)5)30(4)12-10-21(33)16-20(30)17-25(28)34/h6-7,14,18-20,22-24,28-29H,8-13,15-17H2,1-5H3,(H,32,35)/t19-,20+,22?,23+,24+,28+,29?,30+,31-/m1/s1. The predicted molar refractivity (Wildman–Crippen MR) is 144 cm³/mol. The molecule has 4 nitrogen and oxygen atoms in total. The van der Waals surface area contributed by atoms with Gasteiger partial charge in [-0.3, -0.25) is 14.4 Å². The number of ketones is 2. The second-order valence-electron chi connectivity index (χ2n) is 13.6. The van der Waals surface area contributed by atoms with Gasteiger partial charge in [0.15, 0.2) is 0 Å². The maximum absolute atomic E-state index is 13.6. The van der Waals surface area contributed by atoms with Gasteiger partial charge in [-0.2, -0.15) is 0 Å². The van der Waals surface area contributed by atoms with Crippen LogP contribution >= 0.6 is 11.3 Å². The Labute approximate surface area is 221 Å². The van der Waals surface area contributed by atoms with Gasteiger partial charge in [0.05, 0.1) is 6.04 Å². The molecule has 4 saturated carbocycles. The van der Waals surface area contributed by atoms with Crippen molar-refractivity contribution in [3.05, 3.63) is 22.4 Å². The van der Waals surface area contributed by atoms with Gasteiger partial charge in [0.25, 0.3) is 0 Å². The molecule has 0 radical (unpaired) electrons. The van der Waals surface area contributed by atoms with Crippen LogP contribution in [0.4, 0.5) is 0 Å². The summed E-state index contributed by atoms with van der Waals surface area (Å²) in [6, 6.07) is 4.25. The summed E-state index contributed by atoms with van der Waals surface area (Å²) in [7, 11) is 0. The molecule has 0 aromatic carbocycles. The fraction of sp³-hybridized carbons (Fsp3) is 0.774. The Morgan fingerprint density at radius 1 is 1.06 bits per heavy atom. The monoisotopic (exact) mass is 511 g/mol. The van der Waals surface area contributed by atoms with Crippen molar-refractivity contribution in [1.82, 2.24) is 5.32 Å². The highest BCUT2D eigenvalue weighted by molar-refractivity contribution is 7.10. The molecule has 5 heteroatoms. The van der Waals surface area contributed by atoms with Crippen LogP contribution in [0.5, 0.6) is 0 Å². The van der Waals surface area contributed by atoms with Gasteiger partial charge in [-0.05, 0) is 89.9 Å². The van der Waals surface area contributed by atoms with E-state index in [0.29, 0.717) is 66.8 Å². The Balaban J connectivity index is 1.29. The lowest BCUT2D eigenvalue weighted by molar-refractivity contribution is -0.159. The Morgan fingerprint density at radius 2 is 1.81 bits per heavy atom. The maximum Gasteiger partial charge on any atom is 0.220 e. The van der Waals surface area contributed by atoms with E-state index in [1.165, 1.54) is 4.88 Å². The molecule has 36 heavy (non-hydrogen) atoms. The van der Waals surface area contributed by atoms with E-state index in [0.717, 1.165) is 32.1 Å². The summed E-state index contributed by atoms with van der Waals surface area (Å²) < 4.78 is 0. The second-order valence-corrected chi connectivity index (χ2v) is 14.5. The fourth-order valence-corrected chi connectivity index (χ4v) is 10.3. The number of amides is 1. The van der Waals surface area contributed by atoms with Gasteiger partial charge in [-0.1, -0.05) is 40.7 Å². The third-order valence-corrected chi connectivity index (χ3v) is 12.3. The second kappa shape index (κ2) is 9.67. The fourth-order valence-electron chi connectivity index (χ4n) is 9.40. The molecule has 0 aliphatic heterocycles. The van der Waals surface area contributed by atoms with E-state index in [1.807, 2.05) is 0 Å². The SMILES string of the molecule is CC(C)C(NC(=O)C[C@@H](C)C1CC[C@H]2[C@@H]3C(=O)C[C@@H]4CC(=O)CC[C@]4(C)[C@H]3CC[C@]12C)c1cccs1. The van der Waals surface area contributed by atoms with E-state index < -0.39 is 0 Å². The number of Topliss-reactive ketones (excluding diaryl/α,β-unsaturated/α-hetero) is 2. The van der Waals surface area contributed by atoms with E-state index in [-0.39, 0.29) is 34.6 Å². The number of nitrogens with one attached hydrogen (secondary N) is 1. The zero-order valence-electron chi connectivity index (χ0n) is 22.8. The number of hydrogen-bond acceptors (Lipinski definition) is 4. The van der Waals surface area contributed by atoms with E-state index in [4.69, 9.17) is 0 Å². The summed E-state index contributed by atoms with van der Waals surface area (Å²) in [5.41, 5.74) is 0.278. The van der Waals surface area contributed by atoms with Crippen LogP contribution in [0.15, 0.2) is 17.5 Å². The molecule has 9 atom stereocenters. The summed E-state index contributed by atoms with van der Waals surface area (Å²) in [5, 5.41) is 5.42. The number of carbonyl (C=O) groups is 3. The van der Waals surface area contributed by atoms with Crippen molar-refractivity contribution in [3.8, 4) is 0 Å². The molecule has 0 saturated heterocycles. The average molecular weight is 512 g/mol. The molecular weight excluding hydrogens is 466 g/mol. The van der Waals surface area contributed by atoms with Crippen LogP contribution < -0.4 is 5.32 Å². The Hall–Kier alpha value is -1.49. The summed E-state index contributed by atoms with van der Waals surface area (Å²) in [5.74, 6) is 3.39. The summed E-state index contributed by atoms with van der Waals surface area (Å²) in [6.07, 6.45) is 7.96. The highest BCUT2D eigenvalue weighted by atomic mass is 32.1. The molecule has 1 amide bonds. The normalized spacial score (nSPS) is 39.8. The smallest absolute Gasteiger partial charge is 0.220 e. The van der Waals surface area contributed by atoms with Crippen molar-refractivity contribution in [3.63, 3.8) is 0 Å². The van der Waals surface area contributed by atoms with Crippen molar-refractivity contribution in [2.24, 2.45) is 52.3 Å². The van der Waals surface area contributed by atoms with E-state index in [1.54, 1.807) is 11.3 Å². The quantitative estimate of drug-likeness (QED) is 0.447. The predicted octanol–water partition coefficient (Wildman–Crippen LogP) is 6.99. The third-order valence-electron chi connectivity index (χ3n) is 11.4. The highest BCUT2D eigenvalue weighted by Gasteiger charge is 2.63. The van der Waals surface area contributed by atoms with Crippen molar-refractivity contribution in [2.45, 2.75) is 98.4 Å². The van der Waals surface area contributed by atoms with Crippen LogP contribution in [0.2, 0.25) is 0 Å². The lowest BCUT2D eigenvalue weighted by Crippen LogP contribution is -2.57. The molecular formula is C31H45NO3S. The van der Waals surface area contributed by atoms with Gasteiger partial charge < -0.3 is 5.32 Å². The molecule has 1 aromatic rings. The molecule has 4 fully saturated rings. The third kappa shape index (κ3) is 4.31. The Kier molecular flexibility index (Phi) is 7.02. The van der Waals surface area contributed by atoms with Gasteiger partial charge in [-0.25, -0.2) is 0 Å². The molecule has 4 aliphatic carbocycles. The number of rotatable bonds is 6. The van der Waals surface area contributed by atoms with Crippen molar-refractivity contribution in [1.29, 1.82) is 0 Å². The number of thiophene rings is 1. The minimum absolute atomic E-state index is 0.0722. The summed E-state index contributed by atoms with van der Waals surface area (Å²) in [4.78, 5) is 40.2. The number of carbonyl (C=O) groups excluding carboxylic acids is 3. The molecule has 0 bridgehead atoms. The molecule has 2 unspecified atom stereocenters. The first-order valence-electron chi connectivity index (χ1n) is 14.4. The van der Waals surface area contributed by atoms with Gasteiger partial charge in [-0.15, -0.1) is 11.3 Å². The van der Waals surface area contributed by atoms with E-state index in [2.05, 4.69) is 57.4 Å². The van der Waals surface area contributed by atoms with Crippen molar-refractivity contribution >= 4 is 28.8 Å². The van der Waals surface area contributed by atoms with Crippen LogP contribution in [0.3, 0.4) is 0 Å². The van der Waals surface area contributed by atoms with Gasteiger partial charge in [0.2, 0.25) is 5.91 Å². The first-order chi connectivity index (χ1) is 17.0. The zero-order valence-corrected chi connectivity index (χ0v) is 23.7.